The molecule has 0 aliphatic heterocycles. The van der Waals surface area contributed by atoms with Crippen molar-refractivity contribution < 1.29 is 17.7 Å². The van der Waals surface area contributed by atoms with Gasteiger partial charge in [0.15, 0.2) is 5.75 Å². The van der Waals surface area contributed by atoms with Crippen LogP contribution >= 0.6 is 0 Å². The summed E-state index contributed by atoms with van der Waals surface area (Å²) in [5, 5.41) is 0.0506. The lowest BCUT2D eigenvalue weighted by atomic mass is 10.2. The van der Waals surface area contributed by atoms with Crippen LogP contribution in [0.25, 0.3) is 10.9 Å². The van der Waals surface area contributed by atoms with E-state index in [0.29, 0.717) is 0 Å². The lowest BCUT2D eigenvalue weighted by molar-refractivity contribution is 0.344. The van der Waals surface area contributed by atoms with Gasteiger partial charge in [0.05, 0.1) is 33.2 Å². The molecule has 0 aliphatic carbocycles. The molecule has 5 heteroatoms. The van der Waals surface area contributed by atoms with Gasteiger partial charge in [-0.25, -0.2) is 4.98 Å². The van der Waals surface area contributed by atoms with Crippen molar-refractivity contribution >= 4 is 10.9 Å². The summed E-state index contributed by atoms with van der Waals surface area (Å²) in [6.45, 7) is 0. The van der Waals surface area contributed by atoms with Crippen molar-refractivity contribution in [1.82, 2.24) is 9.97 Å². The third-order valence-electron chi connectivity index (χ3n) is 1.89. The van der Waals surface area contributed by atoms with Crippen molar-refractivity contribution in [3.63, 3.8) is 0 Å². The molecular formula is C10H10N2O3. The summed E-state index contributed by atoms with van der Waals surface area (Å²) < 4.78 is 51.6. The summed E-state index contributed by atoms with van der Waals surface area (Å²) in [4.78, 5) is 17.9. The first-order chi connectivity index (χ1) is 9.55. The number of methoxy groups -OCH3 is 2. The van der Waals surface area contributed by atoms with Crippen LogP contribution in [0.15, 0.2) is 23.1 Å². The summed E-state index contributed by atoms with van der Waals surface area (Å²) in [6.07, 6.45) is 1.32. The van der Waals surface area contributed by atoms with Crippen LogP contribution in [-0.4, -0.2) is 24.0 Å². The number of ether oxygens (including phenoxy) is 2. The van der Waals surface area contributed by atoms with Crippen LogP contribution in [0.4, 0.5) is 0 Å². The zero-order chi connectivity index (χ0) is 15.8. The standard InChI is InChI=1S/C10H10N2O3/c1-14-8-5-6-7(12-10(8)15-2)3-4-11-9(6)13/h3-5H,1-2H3,(H,11,13)/i1D3,2D3. The maximum absolute atomic E-state index is 11.6. The van der Waals surface area contributed by atoms with E-state index in [1.807, 2.05) is 0 Å². The highest BCUT2D eigenvalue weighted by atomic mass is 16.5. The maximum Gasteiger partial charge on any atom is 0.257 e. The second kappa shape index (κ2) is 3.61. The molecule has 2 aromatic heterocycles. The first kappa shape index (κ1) is 4.65. The highest BCUT2D eigenvalue weighted by molar-refractivity contribution is 5.79. The molecule has 78 valence electrons. The number of hydrogen-bond acceptors (Lipinski definition) is 4. The zero-order valence-corrected chi connectivity index (χ0v) is 7.40. The first-order valence-corrected chi connectivity index (χ1v) is 3.96. The minimum Gasteiger partial charge on any atom is -0.491 e. The Labute approximate surface area is 94.1 Å². The van der Waals surface area contributed by atoms with E-state index in [4.69, 9.17) is 8.22 Å². The van der Waals surface area contributed by atoms with Crippen molar-refractivity contribution in [1.29, 1.82) is 0 Å². The minimum absolute atomic E-state index is 0.0506. The Morgan fingerprint density at radius 1 is 1.47 bits per heavy atom. The molecule has 0 bridgehead atoms. The summed E-state index contributed by atoms with van der Waals surface area (Å²) in [7, 11) is -5.68. The topological polar surface area (TPSA) is 64.2 Å². The fraction of sp³-hybridized carbons (Fsp3) is 0.200. The van der Waals surface area contributed by atoms with Crippen molar-refractivity contribution in [3.8, 4) is 11.6 Å². The molecule has 0 spiro atoms. The zero-order valence-electron chi connectivity index (χ0n) is 13.4. The van der Waals surface area contributed by atoms with E-state index in [1.54, 1.807) is 0 Å². The Balaban J connectivity index is 2.62. The summed E-state index contributed by atoms with van der Waals surface area (Å²) in [5.74, 6) is -0.973. The van der Waals surface area contributed by atoms with Crippen LogP contribution in [0.3, 0.4) is 0 Å². The molecule has 15 heavy (non-hydrogen) atoms. The summed E-state index contributed by atoms with van der Waals surface area (Å²) >= 11 is 0. The highest BCUT2D eigenvalue weighted by Gasteiger charge is 2.08. The van der Waals surface area contributed by atoms with Crippen molar-refractivity contribution in [2.75, 3.05) is 14.1 Å². The average Bonchev–Trinajstić information content (AvgIpc) is 2.27. The molecule has 0 radical (unpaired) electrons. The normalized spacial score (nSPS) is 17.9. The van der Waals surface area contributed by atoms with Crippen LogP contribution in [0.5, 0.6) is 11.6 Å². The fourth-order valence-electron chi connectivity index (χ4n) is 1.22. The number of aromatic nitrogens is 2. The van der Waals surface area contributed by atoms with E-state index in [9.17, 15) is 4.79 Å². The lowest BCUT2D eigenvalue weighted by Crippen LogP contribution is -2.06. The van der Waals surface area contributed by atoms with Crippen molar-refractivity contribution in [2.24, 2.45) is 0 Å². The van der Waals surface area contributed by atoms with E-state index in [2.05, 4.69) is 19.4 Å². The van der Waals surface area contributed by atoms with Gasteiger partial charge < -0.3 is 14.5 Å². The summed E-state index contributed by atoms with van der Waals surface area (Å²) in [5.41, 5.74) is -0.369. The van der Waals surface area contributed by atoms with Crippen LogP contribution in [-0.2, 0) is 0 Å². The molecule has 2 heterocycles. The van der Waals surface area contributed by atoms with Crippen molar-refractivity contribution in [3.05, 3.63) is 28.7 Å². The average molecular weight is 212 g/mol. The SMILES string of the molecule is [2H]C([2H])([2H])Oc1cc2c(=O)[nH]ccc2nc1OC([2H])([2H])[2H]. The Kier molecular flexibility index (Phi) is 1.12. The number of H-pyrrole nitrogens is 1. The molecule has 0 saturated heterocycles. The van der Waals surface area contributed by atoms with Crippen LogP contribution in [0, 0.1) is 0 Å². The van der Waals surface area contributed by atoms with Gasteiger partial charge in [-0.15, -0.1) is 0 Å². The number of pyridine rings is 2. The van der Waals surface area contributed by atoms with Gasteiger partial charge in [0.25, 0.3) is 11.4 Å². The van der Waals surface area contributed by atoms with Gasteiger partial charge in [0, 0.05) is 12.3 Å². The Morgan fingerprint density at radius 3 is 3.13 bits per heavy atom. The molecular weight excluding hydrogens is 196 g/mol. The molecule has 2 rings (SSSR count). The second-order valence-electron chi connectivity index (χ2n) is 2.74. The monoisotopic (exact) mass is 212 g/mol. The molecule has 5 nitrogen and oxygen atoms in total. The van der Waals surface area contributed by atoms with E-state index >= 15 is 0 Å². The number of aromatic amines is 1. The molecule has 2 aromatic rings. The van der Waals surface area contributed by atoms with E-state index in [-0.39, 0.29) is 10.9 Å². The van der Waals surface area contributed by atoms with E-state index < -0.39 is 31.3 Å². The number of rotatable bonds is 2. The number of hydrogen-bond donors (Lipinski definition) is 1. The third-order valence-corrected chi connectivity index (χ3v) is 1.89. The Morgan fingerprint density at radius 2 is 2.33 bits per heavy atom. The molecule has 1 N–H and O–H groups in total. The molecule has 0 unspecified atom stereocenters. The van der Waals surface area contributed by atoms with Crippen LogP contribution in [0.1, 0.15) is 8.22 Å². The smallest absolute Gasteiger partial charge is 0.257 e. The summed E-state index contributed by atoms with van der Waals surface area (Å²) in [6, 6.07) is 2.50. The van der Waals surface area contributed by atoms with Gasteiger partial charge >= 0.3 is 0 Å². The number of nitrogens with zero attached hydrogens (tertiary/aromatic N) is 1. The first-order valence-electron chi connectivity index (χ1n) is 6.96. The number of nitrogens with one attached hydrogen (secondary N) is 1. The van der Waals surface area contributed by atoms with Crippen LogP contribution in [0.2, 0.25) is 0 Å². The Hall–Kier alpha value is -2.04. The van der Waals surface area contributed by atoms with Crippen LogP contribution < -0.4 is 15.0 Å². The number of fused-ring (bicyclic) bond motifs is 1. The van der Waals surface area contributed by atoms with Gasteiger partial charge in [-0.1, -0.05) is 0 Å². The van der Waals surface area contributed by atoms with Gasteiger partial charge in [-0.2, -0.15) is 0 Å². The van der Waals surface area contributed by atoms with E-state index in [0.717, 1.165) is 6.07 Å². The van der Waals surface area contributed by atoms with Gasteiger partial charge in [0.1, 0.15) is 0 Å². The van der Waals surface area contributed by atoms with Crippen molar-refractivity contribution in [2.45, 2.75) is 0 Å². The fourth-order valence-corrected chi connectivity index (χ4v) is 1.22. The quantitative estimate of drug-likeness (QED) is 0.804. The molecule has 0 aliphatic rings. The molecule has 0 atom stereocenters. The largest absolute Gasteiger partial charge is 0.491 e. The Bertz CT molecular complexity index is 721. The molecule has 0 amide bonds. The van der Waals surface area contributed by atoms with E-state index in [1.165, 1.54) is 12.3 Å². The third kappa shape index (κ3) is 1.52. The van der Waals surface area contributed by atoms with Gasteiger partial charge in [0.2, 0.25) is 0 Å². The molecule has 0 fully saturated rings. The molecule has 0 aromatic carbocycles. The second-order valence-corrected chi connectivity index (χ2v) is 2.74. The van der Waals surface area contributed by atoms with Gasteiger partial charge in [-0.3, -0.25) is 4.79 Å². The molecule has 0 saturated carbocycles. The minimum atomic E-state index is -2.84. The maximum atomic E-state index is 11.6. The predicted octanol–water partition coefficient (Wildman–Crippen LogP) is 0.940. The highest BCUT2D eigenvalue weighted by Crippen LogP contribution is 2.26. The van der Waals surface area contributed by atoms with Gasteiger partial charge in [-0.05, 0) is 6.07 Å². The predicted molar refractivity (Wildman–Crippen MR) is 55.5 cm³/mol. The lowest BCUT2D eigenvalue weighted by Gasteiger charge is -2.06.